The van der Waals surface area contributed by atoms with E-state index in [1.54, 1.807) is 6.92 Å². The number of esters is 1. The van der Waals surface area contributed by atoms with Gasteiger partial charge in [-0.25, -0.2) is 4.79 Å². The maximum atomic E-state index is 14.0. The smallest absolute Gasteiger partial charge is 0.328 e. The molecule has 10 nitrogen and oxygen atoms in total. The van der Waals surface area contributed by atoms with Gasteiger partial charge in [-0.3, -0.25) is 14.4 Å². The molecule has 0 bridgehead atoms. The van der Waals surface area contributed by atoms with Gasteiger partial charge >= 0.3 is 5.97 Å². The molecule has 0 spiro atoms. The van der Waals surface area contributed by atoms with Crippen LogP contribution in [0, 0.1) is 11.8 Å². The summed E-state index contributed by atoms with van der Waals surface area (Å²) in [6.45, 7) is 9.44. The molecule has 0 aliphatic heterocycles. The van der Waals surface area contributed by atoms with E-state index in [4.69, 9.17) is 15.2 Å². The summed E-state index contributed by atoms with van der Waals surface area (Å²) in [6.07, 6.45) is -0.335. The Morgan fingerprint density at radius 2 is 1.12 bits per heavy atom. The first-order chi connectivity index (χ1) is 22.9. The van der Waals surface area contributed by atoms with E-state index < -0.39 is 54.0 Å². The first-order valence-corrected chi connectivity index (χ1v) is 16.5. The van der Waals surface area contributed by atoms with Gasteiger partial charge in [0.05, 0.1) is 18.8 Å². The molecule has 10 heteroatoms. The summed E-state index contributed by atoms with van der Waals surface area (Å²) < 4.78 is 11.7. The summed E-state index contributed by atoms with van der Waals surface area (Å²) in [5.74, 6) is -2.38. The minimum absolute atomic E-state index is 0.0509. The highest BCUT2D eigenvalue weighted by molar-refractivity contribution is 5.94. The topological polar surface area (TPSA) is 149 Å². The number of amides is 3. The van der Waals surface area contributed by atoms with E-state index in [2.05, 4.69) is 16.0 Å². The van der Waals surface area contributed by atoms with Gasteiger partial charge in [0.2, 0.25) is 17.7 Å². The second-order valence-electron chi connectivity index (χ2n) is 12.8. The first kappa shape index (κ1) is 37.9. The Kier molecular flexibility index (Phi) is 15.3. The summed E-state index contributed by atoms with van der Waals surface area (Å²) in [5, 5.41) is 8.42. The molecule has 3 rings (SSSR count). The van der Waals surface area contributed by atoms with Crippen LogP contribution in [0.5, 0.6) is 0 Å². The molecular formula is C38H50N4O6. The fraction of sp³-hybridized carbons (Fsp3) is 0.421. The summed E-state index contributed by atoms with van der Waals surface area (Å²) >= 11 is 0. The molecule has 0 aliphatic rings. The molecule has 5 N–H and O–H groups in total. The molecule has 0 heterocycles. The highest BCUT2D eigenvalue weighted by Gasteiger charge is 2.35. The predicted molar refractivity (Wildman–Crippen MR) is 185 cm³/mol. The average molecular weight is 659 g/mol. The summed E-state index contributed by atoms with van der Waals surface area (Å²) in [5.41, 5.74) is 8.62. The number of carbonyl (C=O) groups is 4. The van der Waals surface area contributed by atoms with Crippen LogP contribution in [0.4, 0.5) is 0 Å². The number of hydrogen-bond donors (Lipinski definition) is 4. The molecule has 0 saturated carbocycles. The molecule has 5 atom stereocenters. The Morgan fingerprint density at radius 1 is 0.625 bits per heavy atom. The third kappa shape index (κ3) is 12.6. The number of ether oxygens (including phenoxy) is 2. The number of rotatable bonds is 18. The second kappa shape index (κ2) is 19.3. The summed E-state index contributed by atoms with van der Waals surface area (Å²) in [6, 6.07) is 23.9. The molecule has 0 saturated heterocycles. The van der Waals surface area contributed by atoms with Crippen molar-refractivity contribution < 1.29 is 28.7 Å². The largest absolute Gasteiger partial charge is 0.459 e. The zero-order valence-electron chi connectivity index (χ0n) is 28.6. The number of nitrogens with one attached hydrogen (secondary N) is 3. The molecule has 0 radical (unpaired) electrons. The maximum absolute atomic E-state index is 14.0. The Morgan fingerprint density at radius 3 is 1.65 bits per heavy atom. The number of hydrogen-bond acceptors (Lipinski definition) is 7. The van der Waals surface area contributed by atoms with Gasteiger partial charge in [0.25, 0.3) is 0 Å². The quantitative estimate of drug-likeness (QED) is 0.151. The fourth-order valence-electron chi connectivity index (χ4n) is 4.95. The zero-order chi connectivity index (χ0) is 35.1. The molecule has 3 aromatic rings. The van der Waals surface area contributed by atoms with Crippen molar-refractivity contribution in [1.82, 2.24) is 16.0 Å². The van der Waals surface area contributed by atoms with Crippen molar-refractivity contribution in [3.8, 4) is 0 Å². The van der Waals surface area contributed by atoms with Gasteiger partial charge in [-0.15, -0.1) is 0 Å². The Bertz CT molecular complexity index is 1440. The van der Waals surface area contributed by atoms with E-state index in [1.807, 2.05) is 119 Å². The zero-order valence-corrected chi connectivity index (χ0v) is 28.6. The van der Waals surface area contributed by atoms with Gasteiger partial charge in [-0.05, 0) is 41.9 Å². The summed E-state index contributed by atoms with van der Waals surface area (Å²) in [7, 11) is 0. The number of nitrogens with two attached hydrogens (primary N) is 1. The monoisotopic (exact) mass is 658 g/mol. The maximum Gasteiger partial charge on any atom is 0.328 e. The van der Waals surface area contributed by atoms with Gasteiger partial charge in [0.1, 0.15) is 24.7 Å². The van der Waals surface area contributed by atoms with Crippen molar-refractivity contribution >= 4 is 23.7 Å². The van der Waals surface area contributed by atoms with E-state index in [1.165, 1.54) is 0 Å². The fourth-order valence-corrected chi connectivity index (χ4v) is 4.95. The van der Waals surface area contributed by atoms with Crippen molar-refractivity contribution in [1.29, 1.82) is 0 Å². The van der Waals surface area contributed by atoms with Crippen molar-refractivity contribution in [3.05, 3.63) is 108 Å². The molecule has 0 aromatic heterocycles. The van der Waals surface area contributed by atoms with Crippen molar-refractivity contribution in [3.63, 3.8) is 0 Å². The number of benzene rings is 3. The Labute approximate surface area is 284 Å². The highest BCUT2D eigenvalue weighted by Crippen LogP contribution is 2.13. The highest BCUT2D eigenvalue weighted by atomic mass is 16.5. The van der Waals surface area contributed by atoms with Crippen LogP contribution >= 0.6 is 0 Å². The van der Waals surface area contributed by atoms with Crippen LogP contribution < -0.4 is 21.7 Å². The number of carbonyl (C=O) groups excluding carboxylic acids is 4. The third-order valence-electron chi connectivity index (χ3n) is 7.87. The van der Waals surface area contributed by atoms with Crippen LogP contribution in [0.3, 0.4) is 0 Å². The molecule has 0 fully saturated rings. The minimum Gasteiger partial charge on any atom is -0.459 e. The molecule has 258 valence electrons. The molecular weight excluding hydrogens is 608 g/mol. The van der Waals surface area contributed by atoms with Crippen LogP contribution in [0.15, 0.2) is 91.0 Å². The lowest BCUT2D eigenvalue weighted by Gasteiger charge is -2.29. The van der Waals surface area contributed by atoms with Gasteiger partial charge in [0, 0.05) is 6.42 Å². The van der Waals surface area contributed by atoms with Gasteiger partial charge in [-0.1, -0.05) is 119 Å². The molecule has 3 amide bonds. The van der Waals surface area contributed by atoms with Gasteiger partial charge in [-0.2, -0.15) is 0 Å². The lowest BCUT2D eigenvalue weighted by molar-refractivity contribution is -0.150. The molecule has 0 unspecified atom stereocenters. The lowest BCUT2D eigenvalue weighted by Crippen LogP contribution is -2.61. The third-order valence-corrected chi connectivity index (χ3v) is 7.87. The van der Waals surface area contributed by atoms with E-state index >= 15 is 0 Å². The van der Waals surface area contributed by atoms with E-state index in [0.29, 0.717) is 6.42 Å². The molecule has 3 aromatic carbocycles. The Hall–Kier alpha value is -4.54. The molecule has 0 aliphatic carbocycles. The van der Waals surface area contributed by atoms with E-state index in [-0.39, 0.29) is 31.5 Å². The van der Waals surface area contributed by atoms with Crippen LogP contribution in [-0.2, 0) is 48.3 Å². The standard InChI is InChI=1S/C38H50N4O6/c1-25(2)21-32(38(46)48-24-30-19-13-8-14-20-30)41-37(45)34(27(5)47-23-29-17-11-7-12-18-29)42-35(43)31(22-28-15-9-6-10-16-28)40-36(44)33(39)26(3)4/h6-20,25-27,31-34H,21-24,39H2,1-5H3,(H,40,44)(H,41,45)(H,42,43)/t27-,31+,32+,33+,34+/m1/s1. The normalized spacial score (nSPS) is 14.3. The van der Waals surface area contributed by atoms with Crippen LogP contribution in [0.25, 0.3) is 0 Å². The van der Waals surface area contributed by atoms with Crippen molar-refractivity contribution in [2.75, 3.05) is 0 Å². The van der Waals surface area contributed by atoms with Crippen molar-refractivity contribution in [2.24, 2.45) is 17.6 Å². The summed E-state index contributed by atoms with van der Waals surface area (Å²) in [4.78, 5) is 54.2. The lowest BCUT2D eigenvalue weighted by atomic mass is 10.0. The minimum atomic E-state index is -1.22. The second-order valence-corrected chi connectivity index (χ2v) is 12.8. The predicted octanol–water partition coefficient (Wildman–Crippen LogP) is 4.06. The Balaban J connectivity index is 1.85. The van der Waals surface area contributed by atoms with Crippen LogP contribution in [0.1, 0.15) is 57.7 Å². The molecule has 48 heavy (non-hydrogen) atoms. The van der Waals surface area contributed by atoms with E-state index in [9.17, 15) is 19.2 Å². The SMILES string of the molecule is CC(C)C[C@H](NC(=O)[C@@H](NC(=O)[C@H](Cc1ccccc1)NC(=O)[C@@H](N)C(C)C)[C@@H](C)OCc1ccccc1)C(=O)OCc1ccccc1. The average Bonchev–Trinajstić information content (AvgIpc) is 3.08. The van der Waals surface area contributed by atoms with E-state index in [0.717, 1.165) is 16.7 Å². The first-order valence-electron chi connectivity index (χ1n) is 16.5. The van der Waals surface area contributed by atoms with Crippen LogP contribution in [-0.4, -0.2) is 54.0 Å². The van der Waals surface area contributed by atoms with Crippen LogP contribution in [0.2, 0.25) is 0 Å². The van der Waals surface area contributed by atoms with Gasteiger partial charge < -0.3 is 31.2 Å². The van der Waals surface area contributed by atoms with Crippen molar-refractivity contribution in [2.45, 2.75) is 90.9 Å². The van der Waals surface area contributed by atoms with Gasteiger partial charge in [0.15, 0.2) is 0 Å².